The van der Waals surface area contributed by atoms with Crippen LogP contribution in [0.15, 0.2) is 54.6 Å². The van der Waals surface area contributed by atoms with Crippen molar-refractivity contribution in [1.82, 2.24) is 0 Å². The average Bonchev–Trinajstić information content (AvgIpc) is 3.24. The van der Waals surface area contributed by atoms with E-state index in [4.69, 9.17) is 10.5 Å². The zero-order chi connectivity index (χ0) is 13.1. The highest BCUT2D eigenvalue weighted by Crippen LogP contribution is 2.37. The lowest BCUT2D eigenvalue weighted by atomic mass is 10.0. The molecule has 0 unspecified atom stereocenters. The van der Waals surface area contributed by atoms with Gasteiger partial charge in [0.15, 0.2) is 0 Å². The molecule has 0 radical (unpaired) electrons. The van der Waals surface area contributed by atoms with Gasteiger partial charge in [-0.15, -0.1) is 12.4 Å². The molecule has 2 N–H and O–H groups in total. The van der Waals surface area contributed by atoms with Crippen molar-refractivity contribution in [1.29, 1.82) is 0 Å². The fourth-order valence-electron chi connectivity index (χ4n) is 2.28. The molecule has 3 rings (SSSR count). The Bertz CT molecular complexity index is 540. The maximum Gasteiger partial charge on any atom is 0.127 e. The summed E-state index contributed by atoms with van der Waals surface area (Å²) in [6, 6.07) is 18.1. The number of benzene rings is 2. The number of hydrogen-bond donors (Lipinski definition) is 1. The van der Waals surface area contributed by atoms with E-state index in [0.29, 0.717) is 0 Å². The summed E-state index contributed by atoms with van der Waals surface area (Å²) in [6.45, 7) is 0. The Hall–Kier alpha value is -1.51. The van der Waals surface area contributed by atoms with Gasteiger partial charge in [0.05, 0.1) is 0 Å². The Balaban J connectivity index is 0.00000147. The van der Waals surface area contributed by atoms with Gasteiger partial charge < -0.3 is 10.5 Å². The molecule has 1 fully saturated rings. The molecule has 0 amide bonds. The van der Waals surface area contributed by atoms with Crippen molar-refractivity contribution in [3.05, 3.63) is 60.2 Å². The fourth-order valence-corrected chi connectivity index (χ4v) is 2.28. The summed E-state index contributed by atoms with van der Waals surface area (Å²) in [5.74, 6) is 2.55. The van der Waals surface area contributed by atoms with Gasteiger partial charge in [-0.1, -0.05) is 43.2 Å². The molecule has 106 valence electrons. The lowest BCUT2D eigenvalue weighted by Crippen LogP contribution is -2.10. The molecule has 1 saturated carbocycles. The minimum Gasteiger partial charge on any atom is -0.457 e. The van der Waals surface area contributed by atoms with Crippen molar-refractivity contribution < 1.29 is 4.74 Å². The van der Waals surface area contributed by atoms with Crippen LogP contribution < -0.4 is 10.5 Å². The zero-order valence-corrected chi connectivity index (χ0v) is 12.2. The minimum atomic E-state index is 0. The van der Waals surface area contributed by atoms with E-state index in [1.807, 2.05) is 42.5 Å². The van der Waals surface area contributed by atoms with E-state index in [1.165, 1.54) is 18.4 Å². The van der Waals surface area contributed by atoms with Crippen LogP contribution in [-0.4, -0.2) is 0 Å². The van der Waals surface area contributed by atoms with Crippen LogP contribution in [0, 0.1) is 5.92 Å². The first kappa shape index (κ1) is 14.9. The van der Waals surface area contributed by atoms with Crippen LogP contribution in [0.4, 0.5) is 0 Å². The van der Waals surface area contributed by atoms with Gasteiger partial charge in [-0.25, -0.2) is 0 Å². The molecule has 0 spiro atoms. The highest BCUT2D eigenvalue weighted by molar-refractivity contribution is 5.85. The third-order valence-electron chi connectivity index (χ3n) is 3.55. The number of nitrogens with two attached hydrogens (primary N) is 1. The van der Waals surface area contributed by atoms with Gasteiger partial charge in [-0.05, 0) is 42.2 Å². The molecule has 2 aromatic carbocycles. The quantitative estimate of drug-likeness (QED) is 0.866. The molecule has 0 aromatic heterocycles. The molecule has 2 aromatic rings. The topological polar surface area (TPSA) is 35.2 Å². The Morgan fingerprint density at radius 2 is 1.70 bits per heavy atom. The fraction of sp³-hybridized carbons (Fsp3) is 0.294. The van der Waals surface area contributed by atoms with Crippen molar-refractivity contribution in [2.75, 3.05) is 0 Å². The maximum absolute atomic E-state index is 6.24. The molecule has 20 heavy (non-hydrogen) atoms. The Morgan fingerprint density at radius 3 is 2.40 bits per heavy atom. The molecular formula is C17H20ClNO. The van der Waals surface area contributed by atoms with Crippen LogP contribution in [0.5, 0.6) is 11.5 Å². The lowest BCUT2D eigenvalue weighted by molar-refractivity contribution is 0.480. The van der Waals surface area contributed by atoms with Gasteiger partial charge in [-0.3, -0.25) is 0 Å². The van der Waals surface area contributed by atoms with Crippen LogP contribution in [-0.2, 0) is 0 Å². The van der Waals surface area contributed by atoms with Crippen LogP contribution >= 0.6 is 12.4 Å². The maximum atomic E-state index is 6.24. The molecule has 1 atom stereocenters. The second kappa shape index (κ2) is 6.78. The molecule has 2 nitrogen and oxygen atoms in total. The standard InChI is InChI=1S/C17H19NO.ClH/c18-17(11-13-9-10-13)14-5-4-8-16(12-14)19-15-6-2-1-3-7-15;/h1-8,12-13,17H,9-11,18H2;1H/t17-;/m0./s1. The van der Waals surface area contributed by atoms with Crippen LogP contribution in [0.1, 0.15) is 30.9 Å². The molecule has 1 aliphatic carbocycles. The van der Waals surface area contributed by atoms with Gasteiger partial charge >= 0.3 is 0 Å². The van der Waals surface area contributed by atoms with Crippen LogP contribution in [0.25, 0.3) is 0 Å². The number of hydrogen-bond acceptors (Lipinski definition) is 2. The van der Waals surface area contributed by atoms with E-state index in [2.05, 4.69) is 12.1 Å². The normalized spacial score (nSPS) is 15.2. The van der Waals surface area contributed by atoms with Crippen molar-refractivity contribution >= 4 is 12.4 Å². The lowest BCUT2D eigenvalue weighted by Gasteiger charge is -2.13. The Kier molecular flexibility index (Phi) is 5.05. The summed E-state index contributed by atoms with van der Waals surface area (Å²) in [6.07, 6.45) is 3.77. The molecule has 1 aliphatic rings. The Labute approximate surface area is 126 Å². The largest absolute Gasteiger partial charge is 0.457 e. The van der Waals surface area contributed by atoms with Crippen molar-refractivity contribution in [3.8, 4) is 11.5 Å². The molecule has 0 aliphatic heterocycles. The van der Waals surface area contributed by atoms with Crippen molar-refractivity contribution in [2.24, 2.45) is 11.7 Å². The monoisotopic (exact) mass is 289 g/mol. The summed E-state index contributed by atoms with van der Waals surface area (Å²) in [5.41, 5.74) is 7.41. The predicted octanol–water partition coefficient (Wildman–Crippen LogP) is 4.70. The van der Waals surface area contributed by atoms with Gasteiger partial charge in [0.25, 0.3) is 0 Å². The Morgan fingerprint density at radius 1 is 1.00 bits per heavy atom. The van der Waals surface area contributed by atoms with Crippen LogP contribution in [0.2, 0.25) is 0 Å². The van der Waals surface area contributed by atoms with E-state index < -0.39 is 0 Å². The first-order chi connectivity index (χ1) is 9.31. The van der Waals surface area contributed by atoms with Gasteiger partial charge in [-0.2, -0.15) is 0 Å². The second-order valence-electron chi connectivity index (χ2n) is 5.27. The van der Waals surface area contributed by atoms with Gasteiger partial charge in [0, 0.05) is 6.04 Å². The molecule has 0 bridgehead atoms. The summed E-state index contributed by atoms with van der Waals surface area (Å²) in [4.78, 5) is 0. The minimum absolute atomic E-state index is 0. The molecule has 3 heteroatoms. The first-order valence-corrected chi connectivity index (χ1v) is 6.90. The first-order valence-electron chi connectivity index (χ1n) is 6.90. The van der Waals surface area contributed by atoms with E-state index in [1.54, 1.807) is 0 Å². The van der Waals surface area contributed by atoms with E-state index in [9.17, 15) is 0 Å². The molecular weight excluding hydrogens is 270 g/mol. The van der Waals surface area contributed by atoms with Gasteiger partial charge in [0.1, 0.15) is 11.5 Å². The number of ether oxygens (including phenoxy) is 1. The number of rotatable bonds is 5. The summed E-state index contributed by atoms with van der Waals surface area (Å²) in [7, 11) is 0. The summed E-state index contributed by atoms with van der Waals surface area (Å²) in [5, 5.41) is 0. The average molecular weight is 290 g/mol. The SMILES string of the molecule is Cl.N[C@@H](CC1CC1)c1cccc(Oc2ccccc2)c1. The van der Waals surface area contributed by atoms with E-state index >= 15 is 0 Å². The highest BCUT2D eigenvalue weighted by atomic mass is 35.5. The third-order valence-corrected chi connectivity index (χ3v) is 3.55. The van der Waals surface area contributed by atoms with E-state index in [0.717, 1.165) is 23.8 Å². The van der Waals surface area contributed by atoms with Crippen molar-refractivity contribution in [2.45, 2.75) is 25.3 Å². The highest BCUT2D eigenvalue weighted by Gasteiger charge is 2.24. The summed E-state index contributed by atoms with van der Waals surface area (Å²) < 4.78 is 5.83. The van der Waals surface area contributed by atoms with E-state index in [-0.39, 0.29) is 18.4 Å². The van der Waals surface area contributed by atoms with Crippen LogP contribution in [0.3, 0.4) is 0 Å². The molecule has 0 heterocycles. The second-order valence-corrected chi connectivity index (χ2v) is 5.27. The third kappa shape index (κ3) is 3.99. The number of para-hydroxylation sites is 1. The van der Waals surface area contributed by atoms with Gasteiger partial charge in [0.2, 0.25) is 0 Å². The predicted molar refractivity (Wildman–Crippen MR) is 84.5 cm³/mol. The smallest absolute Gasteiger partial charge is 0.127 e. The molecule has 0 saturated heterocycles. The zero-order valence-electron chi connectivity index (χ0n) is 11.4. The number of halogens is 1. The summed E-state index contributed by atoms with van der Waals surface area (Å²) >= 11 is 0. The van der Waals surface area contributed by atoms with Crippen molar-refractivity contribution in [3.63, 3.8) is 0 Å².